The maximum absolute atomic E-state index is 12.6. The number of carbonyl (C=O) groups is 1. The van der Waals surface area contributed by atoms with Crippen molar-refractivity contribution >= 4 is 61.3 Å². The van der Waals surface area contributed by atoms with Gasteiger partial charge in [0.25, 0.3) is 11.1 Å². The number of hydrogen-bond donors (Lipinski definition) is 1. The van der Waals surface area contributed by atoms with Crippen LogP contribution in [0.4, 0.5) is 5.69 Å². The highest BCUT2D eigenvalue weighted by molar-refractivity contribution is 9.10. The summed E-state index contributed by atoms with van der Waals surface area (Å²) in [6, 6.07) is 13.8. The van der Waals surface area contributed by atoms with Crippen LogP contribution in [-0.4, -0.2) is 43.8 Å². The number of para-hydroxylation sites is 2. The highest BCUT2D eigenvalue weighted by atomic mass is 79.9. The third-order valence-electron chi connectivity index (χ3n) is 7.67. The van der Waals surface area contributed by atoms with Gasteiger partial charge in [0.05, 0.1) is 17.9 Å². The number of hydrogen-bond acceptors (Lipinski definition) is 7. The molecule has 1 amide bonds. The molecule has 2 aliphatic rings. The zero-order chi connectivity index (χ0) is 26.7. The molecule has 1 saturated carbocycles. The van der Waals surface area contributed by atoms with Crippen LogP contribution in [0.3, 0.4) is 0 Å². The molecule has 6 rings (SSSR count). The second kappa shape index (κ2) is 9.50. The van der Waals surface area contributed by atoms with E-state index < -0.39 is 5.91 Å². The first-order valence-electron chi connectivity index (χ1n) is 12.8. The summed E-state index contributed by atoms with van der Waals surface area (Å²) in [5.41, 5.74) is 3.18. The van der Waals surface area contributed by atoms with Gasteiger partial charge in [0, 0.05) is 22.4 Å². The summed E-state index contributed by atoms with van der Waals surface area (Å²) in [6.45, 7) is 8.67. The van der Waals surface area contributed by atoms with Gasteiger partial charge in [-0.2, -0.15) is 0 Å². The molecule has 198 valence electrons. The van der Waals surface area contributed by atoms with E-state index in [9.17, 15) is 9.90 Å². The minimum Gasteiger partial charge on any atom is -0.493 e. The number of amides is 1. The summed E-state index contributed by atoms with van der Waals surface area (Å²) in [5.74, 6) is -0.383. The zero-order valence-corrected chi connectivity index (χ0v) is 24.0. The first-order chi connectivity index (χ1) is 18.1. The van der Waals surface area contributed by atoms with Gasteiger partial charge in [0.2, 0.25) is 5.88 Å². The molecule has 2 bridgehead atoms. The normalized spacial score (nSPS) is 23.2. The molecule has 2 fully saturated rings. The molecule has 1 N–H and O–H groups in total. The Morgan fingerprint density at radius 2 is 2.05 bits per heavy atom. The van der Waals surface area contributed by atoms with E-state index in [-0.39, 0.29) is 17.0 Å². The van der Waals surface area contributed by atoms with E-state index in [1.807, 2.05) is 47.0 Å². The van der Waals surface area contributed by atoms with Crippen LogP contribution in [0.1, 0.15) is 40.0 Å². The Morgan fingerprint density at radius 1 is 1.24 bits per heavy atom. The molecule has 1 aliphatic heterocycles. The first kappa shape index (κ1) is 25.6. The van der Waals surface area contributed by atoms with E-state index >= 15 is 0 Å². The average molecular weight is 597 g/mol. The van der Waals surface area contributed by atoms with Crippen LogP contribution in [0.15, 0.2) is 66.8 Å². The van der Waals surface area contributed by atoms with Crippen molar-refractivity contribution in [1.29, 1.82) is 0 Å². The quantitative estimate of drug-likeness (QED) is 0.183. The van der Waals surface area contributed by atoms with Gasteiger partial charge in [0.15, 0.2) is 11.3 Å². The second-order valence-electron chi connectivity index (χ2n) is 11.7. The fourth-order valence-corrected chi connectivity index (χ4v) is 7.61. The Bertz CT molecular complexity index is 1540. The molecule has 8 nitrogen and oxygen atoms in total. The van der Waals surface area contributed by atoms with Crippen LogP contribution in [0.2, 0.25) is 0 Å². The van der Waals surface area contributed by atoms with Gasteiger partial charge in [0.1, 0.15) is 5.52 Å². The van der Waals surface area contributed by atoms with Crippen molar-refractivity contribution in [3.63, 3.8) is 0 Å². The Morgan fingerprint density at radius 3 is 2.87 bits per heavy atom. The lowest BCUT2D eigenvalue weighted by atomic mass is 9.65. The van der Waals surface area contributed by atoms with Gasteiger partial charge in [-0.1, -0.05) is 60.6 Å². The number of rotatable bonds is 6. The number of benzene rings is 2. The molecule has 10 heteroatoms. The van der Waals surface area contributed by atoms with Crippen molar-refractivity contribution in [2.45, 2.75) is 58.0 Å². The van der Waals surface area contributed by atoms with Crippen molar-refractivity contribution in [2.75, 3.05) is 12.3 Å². The number of nitrogens with zero attached hydrogens (tertiary/aromatic N) is 5. The Balaban J connectivity index is 1.23. The molecule has 0 unspecified atom stereocenters. The van der Waals surface area contributed by atoms with Crippen LogP contribution in [0.5, 0.6) is 5.88 Å². The van der Waals surface area contributed by atoms with Crippen molar-refractivity contribution in [2.24, 2.45) is 21.1 Å². The number of aromatic hydroxyl groups is 1. The minimum absolute atomic E-state index is 0.0205. The van der Waals surface area contributed by atoms with Gasteiger partial charge in [-0.3, -0.25) is 14.3 Å². The fourth-order valence-electron chi connectivity index (χ4n) is 6.63. The third-order valence-corrected chi connectivity index (χ3v) is 8.98. The Kier molecular flexibility index (Phi) is 6.39. The first-order valence-corrected chi connectivity index (χ1v) is 14.5. The van der Waals surface area contributed by atoms with Crippen LogP contribution >= 0.6 is 27.7 Å². The summed E-state index contributed by atoms with van der Waals surface area (Å²) in [5, 5.41) is 20.6. The fraction of sp³-hybridized carbons (Fsp3) is 0.429. The summed E-state index contributed by atoms with van der Waals surface area (Å²) < 4.78 is 8.42. The number of carbonyl (C=O) groups excluding carboxylic acids is 1. The molecule has 38 heavy (non-hydrogen) atoms. The summed E-state index contributed by atoms with van der Waals surface area (Å²) in [6.07, 6.45) is 3.54. The number of likely N-dealkylation sites (tertiary alicyclic amines) is 1. The number of thioether (sulfide) groups is 1. The van der Waals surface area contributed by atoms with E-state index in [1.165, 1.54) is 24.6 Å². The summed E-state index contributed by atoms with van der Waals surface area (Å²) in [4.78, 5) is 19.4. The predicted molar refractivity (Wildman–Crippen MR) is 152 cm³/mol. The standard InChI is InChI=1S/C28H30BrN5O3S/c1-27(2)11-18-12-28(3,14-27)15-33(18)16-34-21-9-8-17(29)10-19(21)24(25(34)36)32-31-23(35)13-38-26-30-20-6-4-5-7-22(20)37-26/h4-10,18,36H,11-16H2,1-3H3/t18-,28+/m0/s1. The molecule has 4 aromatic rings. The monoisotopic (exact) mass is 595 g/mol. The highest BCUT2D eigenvalue weighted by Gasteiger charge is 2.49. The largest absolute Gasteiger partial charge is 0.493 e. The van der Waals surface area contributed by atoms with E-state index in [0.29, 0.717) is 34.6 Å². The van der Waals surface area contributed by atoms with E-state index in [0.717, 1.165) is 33.9 Å². The summed E-state index contributed by atoms with van der Waals surface area (Å²) >= 11 is 4.70. The van der Waals surface area contributed by atoms with E-state index in [1.54, 1.807) is 0 Å². The van der Waals surface area contributed by atoms with Crippen LogP contribution in [-0.2, 0) is 11.5 Å². The SMILES string of the molecule is CC1(C)C[C@H]2C[C@@](C)(CN2Cn2c(O)c(N=NC(=O)CSc3nc4ccccc4o3)c3cc(Br)ccc32)C1. The van der Waals surface area contributed by atoms with Gasteiger partial charge in [-0.25, -0.2) is 4.98 Å². The number of fused-ring (bicyclic) bond motifs is 4. The maximum atomic E-state index is 12.6. The number of oxazole rings is 1. The van der Waals surface area contributed by atoms with Crippen molar-refractivity contribution in [3.05, 3.63) is 46.9 Å². The Hall–Kier alpha value is -2.69. The Labute approximate surface area is 233 Å². The van der Waals surface area contributed by atoms with Crippen molar-refractivity contribution in [3.8, 4) is 5.88 Å². The van der Waals surface area contributed by atoms with Gasteiger partial charge in [-0.05, 0) is 60.4 Å². The molecule has 2 aromatic carbocycles. The van der Waals surface area contributed by atoms with Crippen molar-refractivity contribution in [1.82, 2.24) is 14.5 Å². The van der Waals surface area contributed by atoms with Crippen molar-refractivity contribution < 1.29 is 14.3 Å². The predicted octanol–water partition coefficient (Wildman–Crippen LogP) is 7.51. The van der Waals surface area contributed by atoms with Gasteiger partial charge < -0.3 is 9.52 Å². The molecular weight excluding hydrogens is 566 g/mol. The van der Waals surface area contributed by atoms with E-state index in [2.05, 4.69) is 56.8 Å². The molecule has 1 aliphatic carbocycles. The minimum atomic E-state index is -0.434. The lowest BCUT2D eigenvalue weighted by Crippen LogP contribution is -2.35. The maximum Gasteiger partial charge on any atom is 0.275 e. The molecule has 1 saturated heterocycles. The zero-order valence-electron chi connectivity index (χ0n) is 21.6. The lowest BCUT2D eigenvalue weighted by molar-refractivity contribution is -0.115. The molecule has 3 heterocycles. The smallest absolute Gasteiger partial charge is 0.275 e. The number of aromatic nitrogens is 2. The molecular formula is C28H30BrN5O3S. The van der Waals surface area contributed by atoms with Crippen LogP contribution in [0.25, 0.3) is 22.0 Å². The molecule has 2 aromatic heterocycles. The average Bonchev–Trinajstić information content (AvgIpc) is 3.45. The third kappa shape index (κ3) is 4.89. The van der Waals surface area contributed by atoms with E-state index in [4.69, 9.17) is 4.42 Å². The number of azo groups is 1. The van der Waals surface area contributed by atoms with Crippen LogP contribution < -0.4 is 0 Å². The number of halogens is 1. The molecule has 0 spiro atoms. The highest BCUT2D eigenvalue weighted by Crippen LogP contribution is 2.53. The summed E-state index contributed by atoms with van der Waals surface area (Å²) in [7, 11) is 0. The van der Waals surface area contributed by atoms with Gasteiger partial charge in [-0.15, -0.1) is 10.2 Å². The second-order valence-corrected chi connectivity index (χ2v) is 13.5. The topological polar surface area (TPSA) is 96.2 Å². The van der Waals surface area contributed by atoms with Crippen LogP contribution in [0, 0.1) is 10.8 Å². The van der Waals surface area contributed by atoms with Gasteiger partial charge >= 0.3 is 0 Å². The lowest BCUT2D eigenvalue weighted by Gasteiger charge is -2.40. The molecule has 0 radical (unpaired) electrons. The molecule has 2 atom stereocenters.